The average molecular weight is 169 g/mol. The monoisotopic (exact) mass is 169 g/mol. The predicted octanol–water partition coefficient (Wildman–Crippen LogP) is 2.83. The molecule has 0 aromatic heterocycles. The molecule has 0 atom stereocenters. The maximum absolute atomic E-state index is 8.90. The first-order valence-electron chi connectivity index (χ1n) is 4.52. The van der Waals surface area contributed by atoms with Crippen LogP contribution in [0.15, 0.2) is 18.2 Å². The summed E-state index contributed by atoms with van der Waals surface area (Å²) >= 11 is 0. The normalized spacial score (nSPS) is 13.5. The third kappa shape index (κ3) is 1.25. The molecule has 0 saturated heterocycles. The van der Waals surface area contributed by atoms with Gasteiger partial charge in [-0.25, -0.2) is 0 Å². The standard InChI is InChI=1S/C12H11N/c1-9-6-7-10(8-13)12-5-3-2-4-11(9)12/h3,5-7H,2,4H2,1H3. The zero-order valence-corrected chi connectivity index (χ0v) is 7.67. The Hall–Kier alpha value is -1.55. The van der Waals surface area contributed by atoms with Crippen LogP contribution in [0.2, 0.25) is 0 Å². The minimum atomic E-state index is 0.802. The van der Waals surface area contributed by atoms with E-state index >= 15 is 0 Å². The van der Waals surface area contributed by atoms with Crippen molar-refractivity contribution in [1.29, 1.82) is 5.26 Å². The van der Waals surface area contributed by atoms with Gasteiger partial charge in [0.05, 0.1) is 11.6 Å². The molecule has 1 nitrogen and oxygen atoms in total. The van der Waals surface area contributed by atoms with Gasteiger partial charge in [-0.2, -0.15) is 5.26 Å². The maximum atomic E-state index is 8.90. The van der Waals surface area contributed by atoms with Crippen molar-refractivity contribution in [3.63, 3.8) is 0 Å². The lowest BCUT2D eigenvalue weighted by Crippen LogP contribution is -1.99. The molecule has 0 N–H and O–H groups in total. The fourth-order valence-electron chi connectivity index (χ4n) is 1.82. The van der Waals surface area contributed by atoms with Gasteiger partial charge in [-0.3, -0.25) is 0 Å². The highest BCUT2D eigenvalue weighted by Gasteiger charge is 2.10. The Morgan fingerprint density at radius 1 is 1.38 bits per heavy atom. The first kappa shape index (κ1) is 8.07. The van der Waals surface area contributed by atoms with E-state index in [0.29, 0.717) is 0 Å². The summed E-state index contributed by atoms with van der Waals surface area (Å²) < 4.78 is 0. The summed E-state index contributed by atoms with van der Waals surface area (Å²) in [5.74, 6) is 0. The second-order valence-electron chi connectivity index (χ2n) is 3.38. The van der Waals surface area contributed by atoms with Gasteiger partial charge in [0.2, 0.25) is 0 Å². The number of nitriles is 1. The molecule has 64 valence electrons. The molecule has 0 unspecified atom stereocenters. The zero-order chi connectivity index (χ0) is 9.26. The number of aryl methyl sites for hydroxylation is 1. The Bertz CT molecular complexity index is 408. The van der Waals surface area contributed by atoms with E-state index in [1.807, 2.05) is 12.1 Å². The van der Waals surface area contributed by atoms with Crippen molar-refractivity contribution >= 4 is 6.08 Å². The van der Waals surface area contributed by atoms with E-state index in [4.69, 9.17) is 5.26 Å². The maximum Gasteiger partial charge on any atom is 0.0998 e. The number of allylic oxidation sites excluding steroid dienone is 1. The highest BCUT2D eigenvalue weighted by molar-refractivity contribution is 5.65. The third-order valence-corrected chi connectivity index (χ3v) is 2.56. The van der Waals surface area contributed by atoms with Gasteiger partial charge in [0.1, 0.15) is 0 Å². The second-order valence-corrected chi connectivity index (χ2v) is 3.38. The number of hydrogen-bond acceptors (Lipinski definition) is 1. The molecule has 0 saturated carbocycles. The third-order valence-electron chi connectivity index (χ3n) is 2.56. The molecule has 1 aromatic rings. The largest absolute Gasteiger partial charge is 0.192 e. The minimum Gasteiger partial charge on any atom is -0.192 e. The van der Waals surface area contributed by atoms with E-state index in [2.05, 4.69) is 25.1 Å². The van der Waals surface area contributed by atoms with Crippen LogP contribution < -0.4 is 0 Å². The van der Waals surface area contributed by atoms with Crippen LogP contribution in [0.4, 0.5) is 0 Å². The van der Waals surface area contributed by atoms with Crippen molar-refractivity contribution in [2.75, 3.05) is 0 Å². The van der Waals surface area contributed by atoms with Crippen molar-refractivity contribution in [2.45, 2.75) is 19.8 Å². The Morgan fingerprint density at radius 3 is 3.00 bits per heavy atom. The molecule has 1 aromatic carbocycles. The van der Waals surface area contributed by atoms with Crippen molar-refractivity contribution in [2.24, 2.45) is 0 Å². The van der Waals surface area contributed by atoms with Gasteiger partial charge < -0.3 is 0 Å². The van der Waals surface area contributed by atoms with Crippen LogP contribution in [-0.4, -0.2) is 0 Å². The summed E-state index contributed by atoms with van der Waals surface area (Å²) in [5.41, 5.74) is 4.59. The molecule has 0 fully saturated rings. The molecule has 0 spiro atoms. The first-order valence-corrected chi connectivity index (χ1v) is 4.52. The number of rotatable bonds is 0. The minimum absolute atomic E-state index is 0.802. The van der Waals surface area contributed by atoms with E-state index in [9.17, 15) is 0 Å². The van der Waals surface area contributed by atoms with Crippen molar-refractivity contribution in [3.8, 4) is 6.07 Å². The molecule has 1 aliphatic rings. The number of fused-ring (bicyclic) bond motifs is 1. The summed E-state index contributed by atoms with van der Waals surface area (Å²) in [7, 11) is 0. The van der Waals surface area contributed by atoms with Crippen molar-refractivity contribution in [1.82, 2.24) is 0 Å². The fraction of sp³-hybridized carbons (Fsp3) is 0.250. The predicted molar refractivity (Wildman–Crippen MR) is 53.2 cm³/mol. The quantitative estimate of drug-likeness (QED) is 0.585. The van der Waals surface area contributed by atoms with Crippen molar-refractivity contribution < 1.29 is 0 Å². The fourth-order valence-corrected chi connectivity index (χ4v) is 1.82. The number of benzene rings is 1. The molecule has 0 aliphatic heterocycles. The van der Waals surface area contributed by atoms with Crippen LogP contribution in [0.3, 0.4) is 0 Å². The molecular weight excluding hydrogens is 158 g/mol. The molecule has 1 heteroatoms. The van der Waals surface area contributed by atoms with Gasteiger partial charge in [0.25, 0.3) is 0 Å². The molecule has 13 heavy (non-hydrogen) atoms. The molecule has 0 heterocycles. The summed E-state index contributed by atoms with van der Waals surface area (Å²) in [6, 6.07) is 6.18. The Balaban J connectivity index is 2.70. The van der Waals surface area contributed by atoms with E-state index in [0.717, 1.165) is 24.0 Å². The van der Waals surface area contributed by atoms with Gasteiger partial charge in [0, 0.05) is 0 Å². The van der Waals surface area contributed by atoms with Gasteiger partial charge in [0.15, 0.2) is 0 Å². The molecule has 0 bridgehead atoms. The highest BCUT2D eigenvalue weighted by Crippen LogP contribution is 2.25. The van der Waals surface area contributed by atoms with Crippen LogP contribution in [0.1, 0.15) is 28.7 Å². The van der Waals surface area contributed by atoms with E-state index in [1.165, 1.54) is 11.1 Å². The Morgan fingerprint density at radius 2 is 2.23 bits per heavy atom. The zero-order valence-electron chi connectivity index (χ0n) is 7.67. The van der Waals surface area contributed by atoms with E-state index in [1.54, 1.807) is 0 Å². The van der Waals surface area contributed by atoms with Crippen LogP contribution in [0.25, 0.3) is 6.08 Å². The molecule has 2 rings (SSSR count). The van der Waals surface area contributed by atoms with E-state index < -0.39 is 0 Å². The van der Waals surface area contributed by atoms with Gasteiger partial charge in [-0.05, 0) is 42.5 Å². The second kappa shape index (κ2) is 3.06. The van der Waals surface area contributed by atoms with Crippen LogP contribution in [-0.2, 0) is 6.42 Å². The summed E-state index contributed by atoms with van der Waals surface area (Å²) in [4.78, 5) is 0. The summed E-state index contributed by atoms with van der Waals surface area (Å²) in [6.07, 6.45) is 6.39. The lowest BCUT2D eigenvalue weighted by atomic mass is 9.90. The lowest BCUT2D eigenvalue weighted by Gasteiger charge is -2.14. The summed E-state index contributed by atoms with van der Waals surface area (Å²) in [5, 5.41) is 8.90. The highest BCUT2D eigenvalue weighted by atomic mass is 14.3. The molecular formula is C12H11N. The number of hydrogen-bond donors (Lipinski definition) is 0. The van der Waals surface area contributed by atoms with Crippen LogP contribution in [0, 0.1) is 18.3 Å². The SMILES string of the molecule is Cc1ccc(C#N)c2c1CCC=C2. The Kier molecular flexibility index (Phi) is 1.90. The van der Waals surface area contributed by atoms with Gasteiger partial charge in [-0.1, -0.05) is 18.2 Å². The van der Waals surface area contributed by atoms with Crippen LogP contribution in [0.5, 0.6) is 0 Å². The van der Waals surface area contributed by atoms with Crippen LogP contribution >= 0.6 is 0 Å². The average Bonchev–Trinajstić information content (AvgIpc) is 2.19. The van der Waals surface area contributed by atoms with Crippen molar-refractivity contribution in [3.05, 3.63) is 40.5 Å². The first-order chi connectivity index (χ1) is 6.33. The summed E-state index contributed by atoms with van der Waals surface area (Å²) in [6.45, 7) is 2.11. The topological polar surface area (TPSA) is 23.8 Å². The van der Waals surface area contributed by atoms with Gasteiger partial charge in [-0.15, -0.1) is 0 Å². The molecule has 0 amide bonds. The smallest absolute Gasteiger partial charge is 0.0998 e. The van der Waals surface area contributed by atoms with E-state index in [-0.39, 0.29) is 0 Å². The molecule has 1 aliphatic carbocycles. The molecule has 0 radical (unpaired) electrons. The van der Waals surface area contributed by atoms with Gasteiger partial charge >= 0.3 is 0 Å². The lowest BCUT2D eigenvalue weighted by molar-refractivity contribution is 0.969. The Labute approximate surface area is 78.3 Å². The number of nitrogens with zero attached hydrogens (tertiary/aromatic N) is 1.